The fourth-order valence-electron chi connectivity index (χ4n) is 6.31. The summed E-state index contributed by atoms with van der Waals surface area (Å²) in [5, 5.41) is 22.6. The first-order valence-electron chi connectivity index (χ1n) is 23.5. The van der Waals surface area contributed by atoms with Gasteiger partial charge in [0.2, 0.25) is 11.8 Å². The van der Waals surface area contributed by atoms with E-state index in [1.807, 2.05) is 0 Å². The zero-order valence-electron chi connectivity index (χ0n) is 37.7. The van der Waals surface area contributed by atoms with Crippen molar-refractivity contribution >= 4 is 23.8 Å². The lowest BCUT2D eigenvalue weighted by Crippen LogP contribution is -2.47. The van der Waals surface area contributed by atoms with Crippen LogP contribution in [0.3, 0.4) is 0 Å². The minimum atomic E-state index is -1.39. The number of carbonyl (C=O) groups is 4. The number of hydrogen-bond acceptors (Lipinski definition) is 6. The molecular formula is C51H84N2O7. The summed E-state index contributed by atoms with van der Waals surface area (Å²) in [4.78, 5) is 47.7. The van der Waals surface area contributed by atoms with Crippen molar-refractivity contribution in [2.45, 2.75) is 199 Å². The van der Waals surface area contributed by atoms with E-state index in [4.69, 9.17) is 14.9 Å². The zero-order chi connectivity index (χ0) is 44.0. The Balaban J connectivity index is 4.36. The summed E-state index contributed by atoms with van der Waals surface area (Å²) in [7, 11) is 0. The number of carbonyl (C=O) groups excluding carboxylic acids is 3. The maximum Gasteiger partial charge on any atom is 0.328 e. The van der Waals surface area contributed by atoms with Gasteiger partial charge in [-0.25, -0.2) is 4.79 Å². The topological polar surface area (TPSA) is 142 Å². The Hall–Kier alpha value is -3.98. The Morgan fingerprint density at radius 2 is 0.967 bits per heavy atom. The number of esters is 1. The van der Waals surface area contributed by atoms with Crippen LogP contribution < -0.4 is 10.6 Å². The number of rotatable bonds is 41. The minimum absolute atomic E-state index is 0.0729. The molecule has 9 heteroatoms. The average molecular weight is 837 g/mol. The van der Waals surface area contributed by atoms with E-state index in [0.29, 0.717) is 12.8 Å². The Labute approximate surface area is 365 Å². The molecule has 0 saturated carbocycles. The predicted octanol–water partition coefficient (Wildman–Crippen LogP) is 12.0. The summed E-state index contributed by atoms with van der Waals surface area (Å²) in [6.07, 6.45) is 57.5. The Kier molecular flexibility index (Phi) is 41.6. The molecule has 340 valence electrons. The van der Waals surface area contributed by atoms with Crippen LogP contribution in [0.25, 0.3) is 0 Å². The monoisotopic (exact) mass is 837 g/mol. The van der Waals surface area contributed by atoms with E-state index in [9.17, 15) is 19.2 Å². The molecule has 0 heterocycles. The molecule has 60 heavy (non-hydrogen) atoms. The van der Waals surface area contributed by atoms with Gasteiger partial charge in [0.15, 0.2) is 0 Å². The van der Waals surface area contributed by atoms with Crippen molar-refractivity contribution in [3.8, 4) is 0 Å². The van der Waals surface area contributed by atoms with Gasteiger partial charge in [-0.2, -0.15) is 0 Å². The van der Waals surface area contributed by atoms with Crippen LogP contribution in [-0.4, -0.2) is 59.3 Å². The van der Waals surface area contributed by atoms with E-state index in [1.165, 1.54) is 32.1 Å². The molecule has 0 aromatic heterocycles. The van der Waals surface area contributed by atoms with Crippen molar-refractivity contribution in [2.24, 2.45) is 0 Å². The lowest BCUT2D eigenvalue weighted by molar-refractivity contribution is -0.150. The van der Waals surface area contributed by atoms with Crippen molar-refractivity contribution in [1.82, 2.24) is 10.6 Å². The molecule has 0 aliphatic rings. The van der Waals surface area contributed by atoms with Crippen molar-refractivity contribution in [1.29, 1.82) is 0 Å². The first-order valence-corrected chi connectivity index (χ1v) is 23.5. The summed E-state index contributed by atoms with van der Waals surface area (Å²) < 4.78 is 6.01. The highest BCUT2D eigenvalue weighted by atomic mass is 16.5. The van der Waals surface area contributed by atoms with Gasteiger partial charge in [-0.1, -0.05) is 150 Å². The van der Waals surface area contributed by atoms with Crippen molar-refractivity contribution < 1.29 is 34.1 Å². The third-order valence-corrected chi connectivity index (χ3v) is 9.88. The first kappa shape index (κ1) is 56.0. The number of ether oxygens (including phenoxy) is 1. The van der Waals surface area contributed by atoms with Gasteiger partial charge < -0.3 is 25.6 Å². The summed E-state index contributed by atoms with van der Waals surface area (Å²) in [6, 6.07) is -1.39. The molecule has 0 spiro atoms. The molecule has 2 atom stereocenters. The molecule has 0 aliphatic carbocycles. The number of aliphatic hydroxyl groups is 1. The SMILES string of the molecule is CC/C=C\C/C=C\C/C=C\C/C=C\C/C=C\CCCCCCCC(=O)OC(CCC/C=C\C/C=C\CCCCC)CCCCCCCC(=O)NCC(=O)NC(CO)C(=O)O. The van der Waals surface area contributed by atoms with Crippen LogP contribution in [0.15, 0.2) is 85.1 Å². The van der Waals surface area contributed by atoms with E-state index in [0.717, 1.165) is 122 Å². The van der Waals surface area contributed by atoms with E-state index >= 15 is 0 Å². The number of carboxylic acid groups (broad SMARTS) is 1. The van der Waals surface area contributed by atoms with Crippen LogP contribution in [0, 0.1) is 0 Å². The van der Waals surface area contributed by atoms with Crippen LogP contribution in [0.2, 0.25) is 0 Å². The number of aliphatic hydroxyl groups excluding tert-OH is 1. The quantitative estimate of drug-likeness (QED) is 0.0273. The molecule has 0 fully saturated rings. The summed E-state index contributed by atoms with van der Waals surface area (Å²) >= 11 is 0. The van der Waals surface area contributed by atoms with Crippen LogP contribution in [-0.2, 0) is 23.9 Å². The largest absolute Gasteiger partial charge is 0.480 e. The number of allylic oxidation sites excluding steroid dienone is 14. The molecule has 0 rings (SSSR count). The number of aliphatic carboxylic acids is 1. The molecule has 4 N–H and O–H groups in total. The van der Waals surface area contributed by atoms with Crippen LogP contribution >= 0.6 is 0 Å². The molecule has 0 bridgehead atoms. The van der Waals surface area contributed by atoms with Gasteiger partial charge in [-0.05, 0) is 109 Å². The van der Waals surface area contributed by atoms with Crippen LogP contribution in [0.5, 0.6) is 0 Å². The number of unbranched alkanes of at least 4 members (excludes halogenated alkanes) is 13. The highest BCUT2D eigenvalue weighted by Gasteiger charge is 2.19. The molecule has 2 unspecified atom stereocenters. The van der Waals surface area contributed by atoms with Crippen LogP contribution in [0.1, 0.15) is 187 Å². The summed E-state index contributed by atoms with van der Waals surface area (Å²) in [6.45, 7) is 3.32. The smallest absolute Gasteiger partial charge is 0.328 e. The third kappa shape index (κ3) is 40.8. The predicted molar refractivity (Wildman–Crippen MR) is 250 cm³/mol. The lowest BCUT2D eigenvalue weighted by atomic mass is 10.0. The van der Waals surface area contributed by atoms with Gasteiger partial charge in [0.05, 0.1) is 13.2 Å². The second-order valence-corrected chi connectivity index (χ2v) is 15.5. The second-order valence-electron chi connectivity index (χ2n) is 15.5. The van der Waals surface area contributed by atoms with Gasteiger partial charge in [0.1, 0.15) is 12.1 Å². The molecule has 9 nitrogen and oxygen atoms in total. The fourth-order valence-corrected chi connectivity index (χ4v) is 6.31. The lowest BCUT2D eigenvalue weighted by Gasteiger charge is -2.18. The van der Waals surface area contributed by atoms with E-state index in [1.54, 1.807) is 0 Å². The van der Waals surface area contributed by atoms with Gasteiger partial charge in [-0.15, -0.1) is 0 Å². The third-order valence-electron chi connectivity index (χ3n) is 9.88. The van der Waals surface area contributed by atoms with Gasteiger partial charge in [-0.3, -0.25) is 14.4 Å². The number of carboxylic acids is 1. The molecule has 0 saturated heterocycles. The van der Waals surface area contributed by atoms with Crippen molar-refractivity contribution in [3.05, 3.63) is 85.1 Å². The second kappa shape index (κ2) is 44.6. The molecular weight excluding hydrogens is 753 g/mol. The van der Waals surface area contributed by atoms with E-state index in [-0.39, 0.29) is 30.9 Å². The van der Waals surface area contributed by atoms with E-state index in [2.05, 4.69) is 110 Å². The Morgan fingerprint density at radius 1 is 0.517 bits per heavy atom. The number of hydrogen-bond donors (Lipinski definition) is 4. The first-order chi connectivity index (χ1) is 29.3. The van der Waals surface area contributed by atoms with Gasteiger partial charge in [0.25, 0.3) is 0 Å². The summed E-state index contributed by atoms with van der Waals surface area (Å²) in [5.41, 5.74) is 0. The van der Waals surface area contributed by atoms with Crippen LogP contribution in [0.4, 0.5) is 0 Å². The standard InChI is InChI=1S/C51H84N2O7/c1-3-5-7-9-11-13-15-16-17-18-19-20-21-22-23-24-26-28-30-35-39-43-50(57)60-46(40-36-32-29-27-25-14-12-10-8-6-4-2)41-37-33-31-34-38-42-48(55)52-44-49(56)53-47(45-54)51(58)59/h5,7,11-14,16-17,19-20,22-23,27,29,46-47,54H,3-4,6,8-10,15,18,21,24-26,28,30-45H2,1-2H3,(H,52,55)(H,53,56)(H,58,59)/b7-5-,13-11-,14-12-,17-16-,20-19-,23-22-,29-27-. The molecule has 0 aromatic carbocycles. The fraction of sp³-hybridized carbons (Fsp3) is 0.647. The maximum absolute atomic E-state index is 12.8. The molecule has 0 aliphatic heterocycles. The van der Waals surface area contributed by atoms with Crippen molar-refractivity contribution in [2.75, 3.05) is 13.2 Å². The Morgan fingerprint density at radius 3 is 1.50 bits per heavy atom. The van der Waals surface area contributed by atoms with E-state index < -0.39 is 24.5 Å². The number of nitrogens with one attached hydrogen (secondary N) is 2. The maximum atomic E-state index is 12.8. The summed E-state index contributed by atoms with van der Waals surface area (Å²) in [5.74, 6) is -2.36. The normalized spacial score (nSPS) is 13.2. The molecule has 0 aromatic rings. The zero-order valence-corrected chi connectivity index (χ0v) is 37.7. The molecule has 2 amide bonds. The number of amides is 2. The molecule has 0 radical (unpaired) electrons. The van der Waals surface area contributed by atoms with Crippen molar-refractivity contribution in [3.63, 3.8) is 0 Å². The average Bonchev–Trinajstić information content (AvgIpc) is 3.23. The van der Waals surface area contributed by atoms with Gasteiger partial charge >= 0.3 is 11.9 Å². The Bertz CT molecular complexity index is 1280. The minimum Gasteiger partial charge on any atom is -0.480 e. The highest BCUT2D eigenvalue weighted by molar-refractivity contribution is 5.87. The van der Waals surface area contributed by atoms with Gasteiger partial charge in [0, 0.05) is 12.8 Å². The highest BCUT2D eigenvalue weighted by Crippen LogP contribution is 2.17.